The minimum atomic E-state index is -1.04. The number of hydrogen-bond acceptors (Lipinski definition) is 10. The number of unbranched alkanes of at least 4 members (excludes halogenated alkanes) is 1. The van der Waals surface area contributed by atoms with Crippen LogP contribution in [0.15, 0.2) is 70.6 Å². The van der Waals surface area contributed by atoms with Crippen molar-refractivity contribution in [3.63, 3.8) is 0 Å². The summed E-state index contributed by atoms with van der Waals surface area (Å²) in [6, 6.07) is 15.9. The van der Waals surface area contributed by atoms with Crippen molar-refractivity contribution in [2.45, 2.75) is 62.3 Å². The van der Waals surface area contributed by atoms with Gasteiger partial charge in [-0.05, 0) is 73.4 Å². The Labute approximate surface area is 280 Å². The lowest BCUT2D eigenvalue weighted by Crippen LogP contribution is -2.29. The van der Waals surface area contributed by atoms with Gasteiger partial charge in [0.1, 0.15) is 23.4 Å². The van der Waals surface area contributed by atoms with Crippen LogP contribution in [0.25, 0.3) is 5.76 Å². The molecule has 0 saturated carbocycles. The van der Waals surface area contributed by atoms with E-state index in [9.17, 15) is 19.1 Å². The highest BCUT2D eigenvalue weighted by Crippen LogP contribution is 2.46. The standard InChI is InChI=1S/C35H34FN3O6S2/c1-4-6-15-44-27-14-11-21(18-28(27)43-5-2)30-29(31(40)22-12-13-26-24(17-22)16-20(3)45-26)32(41)33(42)39(30)34-37-38-35(47-34)46-19-23-9-7-8-10-25(23)36/h7-14,17-18,20,30,40H,4-6,15-16,19H2,1-3H3/b31-29+/t20-,30+/m1/s1. The maximum Gasteiger partial charge on any atom is 0.301 e. The number of hydrogen-bond donors (Lipinski definition) is 1. The molecule has 1 amide bonds. The van der Waals surface area contributed by atoms with E-state index in [1.807, 2.05) is 13.8 Å². The molecule has 0 spiro atoms. The van der Waals surface area contributed by atoms with E-state index < -0.39 is 17.7 Å². The number of thioether (sulfide) groups is 1. The number of nitrogens with zero attached hydrogens (tertiary/aromatic N) is 3. The van der Waals surface area contributed by atoms with Gasteiger partial charge in [0.25, 0.3) is 5.78 Å². The first-order valence-corrected chi connectivity index (χ1v) is 17.3. The molecular formula is C35H34FN3O6S2. The molecular weight excluding hydrogens is 642 g/mol. The van der Waals surface area contributed by atoms with E-state index in [-0.39, 0.29) is 28.4 Å². The number of aliphatic hydroxyl groups excluding tert-OH is 1. The molecule has 2 aliphatic heterocycles. The second-order valence-corrected chi connectivity index (χ2v) is 13.4. The second kappa shape index (κ2) is 14.1. The molecule has 1 N–H and O–H groups in total. The van der Waals surface area contributed by atoms with Crippen LogP contribution in [0.2, 0.25) is 0 Å². The van der Waals surface area contributed by atoms with E-state index in [0.29, 0.717) is 57.9 Å². The number of carbonyl (C=O) groups excluding carboxylic acids is 2. The van der Waals surface area contributed by atoms with Crippen molar-refractivity contribution in [3.05, 3.63) is 94.3 Å². The number of benzene rings is 3. The first-order chi connectivity index (χ1) is 22.8. The molecule has 2 atom stereocenters. The van der Waals surface area contributed by atoms with Gasteiger partial charge in [0, 0.05) is 17.7 Å². The zero-order valence-electron chi connectivity index (χ0n) is 26.2. The van der Waals surface area contributed by atoms with Crippen molar-refractivity contribution >= 4 is 45.7 Å². The average Bonchev–Trinajstić information content (AvgIpc) is 3.76. The Morgan fingerprint density at radius 2 is 1.91 bits per heavy atom. The Hall–Kier alpha value is -4.42. The van der Waals surface area contributed by atoms with Gasteiger partial charge < -0.3 is 19.3 Å². The Morgan fingerprint density at radius 3 is 2.70 bits per heavy atom. The number of carbonyl (C=O) groups is 2. The van der Waals surface area contributed by atoms with Gasteiger partial charge in [-0.15, -0.1) is 10.2 Å². The minimum Gasteiger partial charge on any atom is -0.507 e. The predicted octanol–water partition coefficient (Wildman–Crippen LogP) is 7.50. The molecule has 1 fully saturated rings. The zero-order valence-corrected chi connectivity index (χ0v) is 27.8. The summed E-state index contributed by atoms with van der Waals surface area (Å²) in [6.45, 7) is 6.76. The molecule has 4 aromatic rings. The first kappa shape index (κ1) is 32.5. The Kier molecular flexibility index (Phi) is 9.79. The predicted molar refractivity (Wildman–Crippen MR) is 179 cm³/mol. The summed E-state index contributed by atoms with van der Waals surface area (Å²) < 4.78 is 32.5. The van der Waals surface area contributed by atoms with Crippen LogP contribution >= 0.6 is 23.1 Å². The number of aliphatic hydroxyl groups is 1. The number of ether oxygens (including phenoxy) is 3. The van der Waals surface area contributed by atoms with Gasteiger partial charge >= 0.3 is 5.91 Å². The van der Waals surface area contributed by atoms with Gasteiger partial charge in [0.15, 0.2) is 15.8 Å². The smallest absolute Gasteiger partial charge is 0.301 e. The second-order valence-electron chi connectivity index (χ2n) is 11.2. The Balaban J connectivity index is 1.42. The highest BCUT2D eigenvalue weighted by Gasteiger charge is 2.48. The largest absolute Gasteiger partial charge is 0.507 e. The molecule has 0 unspecified atom stereocenters. The van der Waals surface area contributed by atoms with Crippen molar-refractivity contribution in [2.24, 2.45) is 0 Å². The number of halogens is 1. The summed E-state index contributed by atoms with van der Waals surface area (Å²) in [5.74, 6) is -0.312. The first-order valence-electron chi connectivity index (χ1n) is 15.5. The molecule has 0 aliphatic carbocycles. The van der Waals surface area contributed by atoms with Gasteiger partial charge in [0.2, 0.25) is 5.13 Å². The highest BCUT2D eigenvalue weighted by atomic mass is 32.2. The van der Waals surface area contributed by atoms with E-state index in [0.717, 1.165) is 35.5 Å². The number of anilines is 1. The van der Waals surface area contributed by atoms with Crippen LogP contribution < -0.4 is 19.1 Å². The molecule has 1 saturated heterocycles. The summed E-state index contributed by atoms with van der Waals surface area (Å²) in [5.41, 5.74) is 2.24. The van der Waals surface area contributed by atoms with Crippen molar-refractivity contribution in [2.75, 3.05) is 18.1 Å². The third kappa shape index (κ3) is 6.70. The van der Waals surface area contributed by atoms with Crippen LogP contribution in [-0.2, 0) is 21.8 Å². The third-order valence-electron chi connectivity index (χ3n) is 7.86. The van der Waals surface area contributed by atoms with Crippen LogP contribution in [0.5, 0.6) is 17.2 Å². The molecule has 0 radical (unpaired) electrons. The van der Waals surface area contributed by atoms with Gasteiger partial charge in [-0.1, -0.05) is 60.7 Å². The van der Waals surface area contributed by atoms with E-state index in [4.69, 9.17) is 14.2 Å². The molecule has 12 heteroatoms. The monoisotopic (exact) mass is 675 g/mol. The van der Waals surface area contributed by atoms with Crippen LogP contribution in [0.3, 0.4) is 0 Å². The molecule has 6 rings (SSSR count). The van der Waals surface area contributed by atoms with Crippen LogP contribution in [0.4, 0.5) is 9.52 Å². The SMILES string of the molecule is CCCCOc1ccc([C@H]2/C(=C(\O)c3ccc4c(c3)C[C@@H](C)O4)C(=O)C(=O)N2c2nnc(SCc3ccccc3F)s2)cc1OCC. The van der Waals surface area contributed by atoms with Crippen LogP contribution in [-0.4, -0.2) is 46.3 Å². The molecule has 1 aromatic heterocycles. The third-order valence-corrected chi connectivity index (χ3v) is 9.97. The average molecular weight is 676 g/mol. The zero-order chi connectivity index (χ0) is 33.1. The quantitative estimate of drug-likeness (QED) is 0.0408. The lowest BCUT2D eigenvalue weighted by atomic mass is 9.94. The topological polar surface area (TPSA) is 111 Å². The van der Waals surface area contributed by atoms with Gasteiger partial charge in [-0.25, -0.2) is 4.39 Å². The number of fused-ring (bicyclic) bond motifs is 1. The number of ketones is 1. The fourth-order valence-electron chi connectivity index (χ4n) is 5.59. The van der Waals surface area contributed by atoms with Gasteiger partial charge in [-0.3, -0.25) is 14.5 Å². The summed E-state index contributed by atoms with van der Waals surface area (Å²) in [6.07, 6.45) is 2.48. The molecule has 3 heterocycles. The number of amides is 1. The van der Waals surface area contributed by atoms with E-state index in [2.05, 4.69) is 17.1 Å². The van der Waals surface area contributed by atoms with Crippen molar-refractivity contribution in [1.29, 1.82) is 0 Å². The van der Waals surface area contributed by atoms with Gasteiger partial charge in [0.05, 0.1) is 24.8 Å². The summed E-state index contributed by atoms with van der Waals surface area (Å²) in [7, 11) is 0. The summed E-state index contributed by atoms with van der Waals surface area (Å²) >= 11 is 2.39. The van der Waals surface area contributed by atoms with Crippen LogP contribution in [0.1, 0.15) is 61.9 Å². The summed E-state index contributed by atoms with van der Waals surface area (Å²) in [4.78, 5) is 28.9. The minimum absolute atomic E-state index is 0.00845. The molecule has 9 nitrogen and oxygen atoms in total. The molecule has 0 bridgehead atoms. The van der Waals surface area contributed by atoms with E-state index >= 15 is 0 Å². The Bertz CT molecular complexity index is 1840. The van der Waals surface area contributed by atoms with Gasteiger partial charge in [-0.2, -0.15) is 0 Å². The number of rotatable bonds is 12. The number of Topliss-reactive ketones (excluding diaryl/α,β-unsaturated/α-hetero) is 1. The molecule has 3 aromatic carbocycles. The van der Waals surface area contributed by atoms with Crippen LogP contribution in [0, 0.1) is 5.82 Å². The normalized spacial score (nSPS) is 18.3. The molecule has 244 valence electrons. The lowest BCUT2D eigenvalue weighted by molar-refractivity contribution is -0.132. The maximum atomic E-state index is 14.2. The highest BCUT2D eigenvalue weighted by molar-refractivity contribution is 8.00. The number of aromatic nitrogens is 2. The summed E-state index contributed by atoms with van der Waals surface area (Å²) in [5, 5.41) is 20.4. The lowest BCUT2D eigenvalue weighted by Gasteiger charge is -2.23. The maximum absolute atomic E-state index is 14.2. The van der Waals surface area contributed by atoms with E-state index in [1.54, 1.807) is 54.6 Å². The fourth-order valence-corrected chi connectivity index (χ4v) is 7.45. The molecule has 47 heavy (non-hydrogen) atoms. The van der Waals surface area contributed by atoms with Crippen molar-refractivity contribution in [1.82, 2.24) is 10.2 Å². The molecule has 2 aliphatic rings. The fraction of sp³-hybridized carbons (Fsp3) is 0.314. The van der Waals surface area contributed by atoms with Crippen molar-refractivity contribution in [3.8, 4) is 17.2 Å². The van der Waals surface area contributed by atoms with E-state index in [1.165, 1.54) is 22.7 Å². The van der Waals surface area contributed by atoms with Crippen molar-refractivity contribution < 1.29 is 33.3 Å². The Morgan fingerprint density at radius 1 is 1.09 bits per heavy atom.